The van der Waals surface area contributed by atoms with Crippen molar-refractivity contribution in [3.63, 3.8) is 0 Å². The molecule has 0 aromatic heterocycles. The van der Waals surface area contributed by atoms with Crippen molar-refractivity contribution in [1.29, 1.82) is 5.26 Å². The molecule has 0 spiro atoms. The first-order valence-electron chi connectivity index (χ1n) is 6.92. The Balaban J connectivity index is 1.49. The number of allylic oxidation sites excluding steroid dienone is 2. The first-order chi connectivity index (χ1) is 10.3. The fraction of sp³-hybridized carbons (Fsp3) is 0.312. The number of hydrogen-bond donors (Lipinski definition) is 1. The van der Waals surface area contributed by atoms with Gasteiger partial charge >= 0.3 is 0 Å². The maximum absolute atomic E-state index is 11.7. The molecule has 3 rings (SSSR count). The molecular weight excluding hydrogens is 266 g/mol. The molecule has 21 heavy (non-hydrogen) atoms. The molecule has 2 aliphatic rings. The molecule has 1 N–H and O–H groups in total. The van der Waals surface area contributed by atoms with Crippen LogP contribution < -0.4 is 10.2 Å². The first-order valence-corrected chi connectivity index (χ1v) is 6.92. The Morgan fingerprint density at radius 1 is 1.48 bits per heavy atom. The summed E-state index contributed by atoms with van der Waals surface area (Å²) in [6.45, 7) is -0.151. The van der Waals surface area contributed by atoms with E-state index >= 15 is 0 Å². The SMILES string of the molecule is N#Cc1ccccc1OCC(=O)N/N=C1/C[C@H]2C=CC[C@@H]12. The van der Waals surface area contributed by atoms with Crippen LogP contribution in [0.4, 0.5) is 0 Å². The van der Waals surface area contributed by atoms with Crippen molar-refractivity contribution in [2.75, 3.05) is 6.61 Å². The molecule has 0 radical (unpaired) electrons. The van der Waals surface area contributed by atoms with E-state index in [4.69, 9.17) is 10.00 Å². The number of nitriles is 1. The molecule has 1 aromatic rings. The maximum Gasteiger partial charge on any atom is 0.277 e. The molecule has 0 heterocycles. The van der Waals surface area contributed by atoms with Gasteiger partial charge in [-0.3, -0.25) is 4.79 Å². The van der Waals surface area contributed by atoms with E-state index in [2.05, 4.69) is 22.7 Å². The minimum absolute atomic E-state index is 0.151. The molecule has 0 saturated heterocycles. The summed E-state index contributed by atoms with van der Waals surface area (Å²) in [5.41, 5.74) is 3.98. The summed E-state index contributed by atoms with van der Waals surface area (Å²) in [5, 5.41) is 13.1. The highest BCUT2D eigenvalue weighted by Crippen LogP contribution is 2.39. The van der Waals surface area contributed by atoms with Crippen LogP contribution in [0.1, 0.15) is 18.4 Å². The highest BCUT2D eigenvalue weighted by molar-refractivity contribution is 5.94. The Kier molecular flexibility index (Phi) is 3.69. The molecule has 106 valence electrons. The molecule has 0 bridgehead atoms. The smallest absolute Gasteiger partial charge is 0.277 e. The molecule has 2 atom stereocenters. The van der Waals surface area contributed by atoms with Crippen LogP contribution in [0.25, 0.3) is 0 Å². The van der Waals surface area contributed by atoms with E-state index in [1.165, 1.54) is 0 Å². The molecule has 0 unspecified atom stereocenters. The molecule has 1 amide bonds. The van der Waals surface area contributed by atoms with Crippen LogP contribution in [0.5, 0.6) is 5.75 Å². The Labute approximate surface area is 122 Å². The number of hydrazone groups is 1. The summed E-state index contributed by atoms with van der Waals surface area (Å²) >= 11 is 0. The Bertz CT molecular complexity index is 658. The first kappa shape index (κ1) is 13.4. The highest BCUT2D eigenvalue weighted by atomic mass is 16.5. The third-order valence-electron chi connectivity index (χ3n) is 3.85. The van der Waals surface area contributed by atoms with Crippen LogP contribution >= 0.6 is 0 Å². The number of carbonyl (C=O) groups is 1. The fourth-order valence-electron chi connectivity index (χ4n) is 2.66. The van der Waals surface area contributed by atoms with Gasteiger partial charge in [-0.1, -0.05) is 24.3 Å². The number of ether oxygens (including phenoxy) is 1. The number of para-hydroxylation sites is 1. The molecule has 5 heteroatoms. The predicted molar refractivity (Wildman–Crippen MR) is 77.6 cm³/mol. The van der Waals surface area contributed by atoms with Crippen LogP contribution in [0, 0.1) is 23.2 Å². The van der Waals surface area contributed by atoms with Gasteiger partial charge in [-0.25, -0.2) is 5.43 Å². The lowest BCUT2D eigenvalue weighted by Crippen LogP contribution is -2.36. The second-order valence-corrected chi connectivity index (χ2v) is 5.17. The van der Waals surface area contributed by atoms with Gasteiger partial charge in [0.25, 0.3) is 5.91 Å². The highest BCUT2D eigenvalue weighted by Gasteiger charge is 2.37. The standard InChI is InChI=1S/C16H15N3O2/c17-9-12-4-1-2-7-15(12)21-10-16(20)19-18-14-8-11-5-3-6-13(11)14/h1-5,7,11,13H,6,8,10H2,(H,19,20)/b18-14-/t11-,13-/m1/s1. The zero-order valence-electron chi connectivity index (χ0n) is 11.5. The lowest BCUT2D eigenvalue weighted by molar-refractivity contribution is -0.123. The monoisotopic (exact) mass is 281 g/mol. The normalized spacial score (nSPS) is 24.0. The molecular formula is C16H15N3O2. The van der Waals surface area contributed by atoms with Crippen LogP contribution in [-0.2, 0) is 4.79 Å². The van der Waals surface area contributed by atoms with Gasteiger partial charge in [0.2, 0.25) is 0 Å². The van der Waals surface area contributed by atoms with Gasteiger partial charge < -0.3 is 4.74 Å². The minimum atomic E-state index is -0.315. The zero-order chi connectivity index (χ0) is 14.7. The lowest BCUT2D eigenvalue weighted by Gasteiger charge is -2.31. The number of nitrogens with one attached hydrogen (secondary N) is 1. The van der Waals surface area contributed by atoms with Crippen molar-refractivity contribution < 1.29 is 9.53 Å². The third kappa shape index (κ3) is 2.79. The summed E-state index contributed by atoms with van der Waals surface area (Å²) < 4.78 is 5.34. The van der Waals surface area contributed by atoms with Crippen molar-refractivity contribution in [1.82, 2.24) is 5.43 Å². The van der Waals surface area contributed by atoms with Crippen molar-refractivity contribution in [3.8, 4) is 11.8 Å². The number of hydrogen-bond acceptors (Lipinski definition) is 4. The van der Waals surface area contributed by atoms with Crippen molar-refractivity contribution in [2.24, 2.45) is 16.9 Å². The van der Waals surface area contributed by atoms with Gasteiger partial charge in [-0.2, -0.15) is 10.4 Å². The van der Waals surface area contributed by atoms with E-state index in [0.29, 0.717) is 23.1 Å². The van der Waals surface area contributed by atoms with E-state index in [9.17, 15) is 4.79 Å². The Morgan fingerprint density at radius 3 is 3.14 bits per heavy atom. The van der Waals surface area contributed by atoms with Crippen LogP contribution in [0.2, 0.25) is 0 Å². The quantitative estimate of drug-likeness (QED) is 0.677. The second kappa shape index (κ2) is 5.80. The third-order valence-corrected chi connectivity index (χ3v) is 3.85. The average molecular weight is 281 g/mol. The van der Waals surface area contributed by atoms with Crippen LogP contribution in [0.3, 0.4) is 0 Å². The number of carbonyl (C=O) groups excluding carboxylic acids is 1. The van der Waals surface area contributed by atoms with Crippen LogP contribution in [0.15, 0.2) is 41.5 Å². The van der Waals surface area contributed by atoms with Gasteiger partial charge in [0.15, 0.2) is 6.61 Å². The molecule has 5 nitrogen and oxygen atoms in total. The van der Waals surface area contributed by atoms with Crippen LogP contribution in [-0.4, -0.2) is 18.2 Å². The van der Waals surface area contributed by atoms with E-state index < -0.39 is 0 Å². The Hall–Kier alpha value is -2.61. The summed E-state index contributed by atoms with van der Waals surface area (Å²) in [6.07, 6.45) is 6.33. The van der Waals surface area contributed by atoms with Crippen molar-refractivity contribution in [2.45, 2.75) is 12.8 Å². The maximum atomic E-state index is 11.7. The van der Waals surface area contributed by atoms with Gasteiger partial charge in [0.1, 0.15) is 11.8 Å². The molecule has 2 aliphatic carbocycles. The lowest BCUT2D eigenvalue weighted by atomic mass is 9.74. The van der Waals surface area contributed by atoms with Gasteiger partial charge in [-0.15, -0.1) is 0 Å². The van der Waals surface area contributed by atoms with Crippen molar-refractivity contribution >= 4 is 11.6 Å². The Morgan fingerprint density at radius 2 is 2.33 bits per heavy atom. The number of fused-ring (bicyclic) bond motifs is 1. The molecule has 0 aliphatic heterocycles. The van der Waals surface area contributed by atoms with E-state index in [-0.39, 0.29) is 12.5 Å². The number of amides is 1. The predicted octanol–water partition coefficient (Wildman–Crippen LogP) is 2.01. The largest absolute Gasteiger partial charge is 0.482 e. The van der Waals surface area contributed by atoms with Gasteiger partial charge in [-0.05, 0) is 30.9 Å². The zero-order valence-corrected chi connectivity index (χ0v) is 11.5. The van der Waals surface area contributed by atoms with E-state index in [1.54, 1.807) is 24.3 Å². The van der Waals surface area contributed by atoms with Gasteiger partial charge in [0, 0.05) is 11.6 Å². The minimum Gasteiger partial charge on any atom is -0.482 e. The summed E-state index contributed by atoms with van der Waals surface area (Å²) in [6, 6.07) is 8.84. The number of nitrogens with zero attached hydrogens (tertiary/aromatic N) is 2. The van der Waals surface area contributed by atoms with E-state index in [0.717, 1.165) is 18.6 Å². The number of rotatable bonds is 4. The molecule has 1 saturated carbocycles. The van der Waals surface area contributed by atoms with Gasteiger partial charge in [0.05, 0.1) is 5.56 Å². The second-order valence-electron chi connectivity index (χ2n) is 5.17. The summed E-state index contributed by atoms with van der Waals surface area (Å²) in [4.78, 5) is 11.7. The molecule has 1 aromatic carbocycles. The topological polar surface area (TPSA) is 74.5 Å². The average Bonchev–Trinajstić information content (AvgIpc) is 2.87. The number of benzene rings is 1. The summed E-state index contributed by atoms with van der Waals surface area (Å²) in [7, 11) is 0. The fourth-order valence-corrected chi connectivity index (χ4v) is 2.66. The molecule has 1 fully saturated rings. The van der Waals surface area contributed by atoms with E-state index in [1.807, 2.05) is 6.07 Å². The van der Waals surface area contributed by atoms with Crippen molar-refractivity contribution in [3.05, 3.63) is 42.0 Å². The summed E-state index contributed by atoms with van der Waals surface area (Å²) in [5.74, 6) is 1.18.